The molecule has 0 bridgehead atoms. The third-order valence-corrected chi connectivity index (χ3v) is 4.96. The summed E-state index contributed by atoms with van der Waals surface area (Å²) in [7, 11) is 0. The Morgan fingerprint density at radius 3 is 2.81 bits per heavy atom. The number of hydrogen-bond acceptors (Lipinski definition) is 4. The first-order valence-corrected chi connectivity index (χ1v) is 8.86. The van der Waals surface area contributed by atoms with E-state index >= 15 is 0 Å². The molecule has 2 rings (SSSR count). The topological polar surface area (TPSA) is 49.3 Å². The summed E-state index contributed by atoms with van der Waals surface area (Å²) in [5.41, 5.74) is 1.15. The Bertz CT molecular complexity index is 573. The highest BCUT2D eigenvalue weighted by Gasteiger charge is 2.05. The molecule has 0 aliphatic heterocycles. The van der Waals surface area contributed by atoms with Gasteiger partial charge < -0.3 is 10.6 Å². The van der Waals surface area contributed by atoms with Gasteiger partial charge in [0.2, 0.25) is 0 Å². The van der Waals surface area contributed by atoms with Crippen LogP contribution in [0.1, 0.15) is 27.4 Å². The first-order valence-electron chi connectivity index (χ1n) is 7.16. The van der Waals surface area contributed by atoms with E-state index in [0.29, 0.717) is 0 Å². The molecule has 0 aliphatic rings. The normalized spacial score (nSPS) is 11.7. The Morgan fingerprint density at radius 1 is 1.33 bits per heavy atom. The van der Waals surface area contributed by atoms with Crippen molar-refractivity contribution in [1.82, 2.24) is 15.6 Å². The minimum absolute atomic E-state index is 0.728. The lowest BCUT2D eigenvalue weighted by Gasteiger charge is -2.10. The van der Waals surface area contributed by atoms with Crippen molar-refractivity contribution in [3.8, 4) is 0 Å². The van der Waals surface area contributed by atoms with Crippen molar-refractivity contribution in [2.75, 3.05) is 13.1 Å². The van der Waals surface area contributed by atoms with Crippen molar-refractivity contribution < 1.29 is 0 Å². The summed E-state index contributed by atoms with van der Waals surface area (Å²) in [6, 6.07) is 4.17. The quantitative estimate of drug-likeness (QED) is 0.634. The van der Waals surface area contributed by atoms with Crippen LogP contribution in [-0.2, 0) is 13.0 Å². The Labute approximate surface area is 134 Å². The van der Waals surface area contributed by atoms with Gasteiger partial charge in [-0.2, -0.15) is 0 Å². The predicted molar refractivity (Wildman–Crippen MR) is 92.4 cm³/mol. The minimum atomic E-state index is 0.728. The van der Waals surface area contributed by atoms with Gasteiger partial charge in [0.05, 0.1) is 17.2 Å². The van der Waals surface area contributed by atoms with Crippen LogP contribution in [0.3, 0.4) is 0 Å². The zero-order valence-electron chi connectivity index (χ0n) is 12.8. The van der Waals surface area contributed by atoms with Gasteiger partial charge >= 0.3 is 0 Å². The molecule has 2 heterocycles. The van der Waals surface area contributed by atoms with Gasteiger partial charge in [-0.05, 0) is 32.2 Å². The van der Waals surface area contributed by atoms with Crippen LogP contribution >= 0.6 is 22.7 Å². The molecule has 0 saturated carbocycles. The molecule has 0 aromatic carbocycles. The maximum Gasteiger partial charge on any atom is 0.191 e. The van der Waals surface area contributed by atoms with Gasteiger partial charge in [0.25, 0.3) is 0 Å². The van der Waals surface area contributed by atoms with Gasteiger partial charge in [-0.1, -0.05) is 6.07 Å². The molecule has 2 N–H and O–H groups in total. The molecule has 2 aromatic rings. The lowest BCUT2D eigenvalue weighted by molar-refractivity contribution is 0.802. The van der Waals surface area contributed by atoms with E-state index in [-0.39, 0.29) is 0 Å². The minimum Gasteiger partial charge on any atom is -0.357 e. The monoisotopic (exact) mass is 322 g/mol. The molecular formula is C15H22N4S2. The van der Waals surface area contributed by atoms with Crippen LogP contribution in [0.15, 0.2) is 22.5 Å². The summed E-state index contributed by atoms with van der Waals surface area (Å²) in [5.74, 6) is 0.879. The number of aromatic nitrogens is 1. The number of thiazole rings is 1. The summed E-state index contributed by atoms with van der Waals surface area (Å²) < 4.78 is 0. The number of guanidine groups is 1. The first kappa shape index (κ1) is 16.0. The van der Waals surface area contributed by atoms with E-state index in [1.807, 2.05) is 0 Å². The van der Waals surface area contributed by atoms with Crippen LogP contribution in [0.4, 0.5) is 0 Å². The maximum atomic E-state index is 4.61. The molecule has 0 unspecified atom stereocenters. The number of rotatable bonds is 6. The lowest BCUT2D eigenvalue weighted by Crippen LogP contribution is -2.38. The SMILES string of the molecule is CCNC(=NCc1cccs1)NCCc1sc(C)nc1C. The molecule has 0 spiro atoms. The molecule has 4 nitrogen and oxygen atoms in total. The highest BCUT2D eigenvalue weighted by Crippen LogP contribution is 2.17. The van der Waals surface area contributed by atoms with Gasteiger partial charge in [0, 0.05) is 29.3 Å². The summed E-state index contributed by atoms with van der Waals surface area (Å²) >= 11 is 3.52. The van der Waals surface area contributed by atoms with E-state index < -0.39 is 0 Å². The van der Waals surface area contributed by atoms with Crippen LogP contribution < -0.4 is 10.6 Å². The highest BCUT2D eigenvalue weighted by molar-refractivity contribution is 7.11. The van der Waals surface area contributed by atoms with Crippen molar-refractivity contribution in [3.05, 3.63) is 38.0 Å². The highest BCUT2D eigenvalue weighted by atomic mass is 32.1. The summed E-state index contributed by atoms with van der Waals surface area (Å²) in [6.45, 7) is 8.69. The molecule has 0 saturated heterocycles. The second-order valence-corrected chi connectivity index (χ2v) is 7.01. The van der Waals surface area contributed by atoms with Crippen molar-refractivity contribution in [3.63, 3.8) is 0 Å². The van der Waals surface area contributed by atoms with E-state index in [1.54, 1.807) is 22.7 Å². The Hall–Kier alpha value is -1.40. The molecule has 0 amide bonds. The average Bonchev–Trinajstić information content (AvgIpc) is 3.06. The largest absolute Gasteiger partial charge is 0.357 e. The number of nitrogens with zero attached hydrogens (tertiary/aromatic N) is 2. The fraction of sp³-hybridized carbons (Fsp3) is 0.467. The van der Waals surface area contributed by atoms with Gasteiger partial charge in [-0.25, -0.2) is 9.98 Å². The van der Waals surface area contributed by atoms with E-state index in [9.17, 15) is 0 Å². The van der Waals surface area contributed by atoms with Gasteiger partial charge in [0.1, 0.15) is 0 Å². The average molecular weight is 323 g/mol. The third kappa shape index (κ3) is 5.13. The smallest absolute Gasteiger partial charge is 0.191 e. The number of aryl methyl sites for hydroxylation is 2. The van der Waals surface area contributed by atoms with E-state index in [0.717, 1.165) is 42.7 Å². The molecule has 2 aromatic heterocycles. The Kier molecular flexibility index (Phi) is 6.20. The second kappa shape index (κ2) is 8.14. The first-order chi connectivity index (χ1) is 10.2. The van der Waals surface area contributed by atoms with Crippen molar-refractivity contribution in [2.45, 2.75) is 33.7 Å². The zero-order valence-corrected chi connectivity index (χ0v) is 14.4. The molecule has 6 heteroatoms. The van der Waals surface area contributed by atoms with Gasteiger partial charge in [-0.3, -0.25) is 0 Å². The van der Waals surface area contributed by atoms with Crippen LogP contribution in [-0.4, -0.2) is 24.0 Å². The lowest BCUT2D eigenvalue weighted by atomic mass is 10.3. The molecule has 0 fully saturated rings. The van der Waals surface area contributed by atoms with Crippen molar-refractivity contribution in [2.24, 2.45) is 4.99 Å². The van der Waals surface area contributed by atoms with Crippen LogP contribution in [0, 0.1) is 13.8 Å². The second-order valence-electron chi connectivity index (χ2n) is 4.69. The number of nitrogens with one attached hydrogen (secondary N) is 2. The maximum absolute atomic E-state index is 4.61. The van der Waals surface area contributed by atoms with Gasteiger partial charge in [-0.15, -0.1) is 22.7 Å². The van der Waals surface area contributed by atoms with E-state index in [1.165, 1.54) is 9.75 Å². The predicted octanol–water partition coefficient (Wildman–Crippen LogP) is 3.12. The Morgan fingerprint density at radius 2 is 2.19 bits per heavy atom. The fourth-order valence-corrected chi connectivity index (χ4v) is 3.57. The number of thiophene rings is 1. The standard InChI is InChI=1S/C15H22N4S2/c1-4-16-15(18-10-13-6-5-9-20-13)17-8-7-14-11(2)19-12(3)21-14/h5-6,9H,4,7-8,10H2,1-3H3,(H2,16,17,18). The molecule has 21 heavy (non-hydrogen) atoms. The molecule has 114 valence electrons. The van der Waals surface area contributed by atoms with Crippen LogP contribution in [0.5, 0.6) is 0 Å². The van der Waals surface area contributed by atoms with Crippen LogP contribution in [0.2, 0.25) is 0 Å². The number of aliphatic imine (C=N–C) groups is 1. The Balaban J connectivity index is 1.85. The fourth-order valence-electron chi connectivity index (χ4n) is 2.00. The summed E-state index contributed by atoms with van der Waals surface area (Å²) in [6.07, 6.45) is 0.987. The molecular weight excluding hydrogens is 300 g/mol. The molecule has 0 aliphatic carbocycles. The van der Waals surface area contributed by atoms with E-state index in [4.69, 9.17) is 0 Å². The summed E-state index contributed by atoms with van der Waals surface area (Å²) in [5, 5.41) is 9.90. The molecule has 0 radical (unpaired) electrons. The zero-order chi connectivity index (χ0) is 15.1. The van der Waals surface area contributed by atoms with E-state index in [2.05, 4.69) is 58.9 Å². The van der Waals surface area contributed by atoms with Gasteiger partial charge in [0.15, 0.2) is 5.96 Å². The molecule has 0 atom stereocenters. The van der Waals surface area contributed by atoms with Crippen molar-refractivity contribution in [1.29, 1.82) is 0 Å². The third-order valence-electron chi connectivity index (χ3n) is 2.96. The van der Waals surface area contributed by atoms with Crippen LogP contribution in [0.25, 0.3) is 0 Å². The van der Waals surface area contributed by atoms with Crippen molar-refractivity contribution >= 4 is 28.6 Å². The number of hydrogen-bond donors (Lipinski definition) is 2. The summed E-state index contributed by atoms with van der Waals surface area (Å²) in [4.78, 5) is 11.7.